The Kier molecular flexibility index (Phi) is 27.6. The van der Waals surface area contributed by atoms with Gasteiger partial charge in [-0.2, -0.15) is 0 Å². The van der Waals surface area contributed by atoms with Crippen LogP contribution in [0.4, 0.5) is 0 Å². The lowest BCUT2D eigenvalue weighted by atomic mass is 10.0. The molecule has 0 aliphatic carbocycles. The van der Waals surface area contributed by atoms with Gasteiger partial charge in [0.2, 0.25) is 0 Å². The predicted octanol–water partition coefficient (Wildman–Crippen LogP) is 9.09. The van der Waals surface area contributed by atoms with Crippen LogP contribution >= 0.6 is 12.4 Å². The largest absolute Gasteiger partial charge is 0.481 e. The van der Waals surface area contributed by atoms with Crippen LogP contribution in [0.3, 0.4) is 0 Å². The molecule has 0 aliphatic rings. The summed E-state index contributed by atoms with van der Waals surface area (Å²) in [6, 6.07) is 0. The van der Waals surface area contributed by atoms with Gasteiger partial charge in [-0.25, -0.2) is 0 Å². The number of halogens is 1. The fraction of sp³-hybridized carbons (Fsp3) is 0.958. The number of carbonyl (C=O) groups is 1. The molecule has 164 valence electrons. The van der Waals surface area contributed by atoms with Crippen LogP contribution in [0.5, 0.6) is 0 Å². The SMILES string of the molecule is CCCCCCCCCCCCCCCCCCCCCCCC(=O)O.Cl. The Labute approximate surface area is 176 Å². The van der Waals surface area contributed by atoms with Gasteiger partial charge in [0.15, 0.2) is 0 Å². The number of hydrogen-bond donors (Lipinski definition) is 1. The lowest BCUT2D eigenvalue weighted by molar-refractivity contribution is -0.137. The Bertz CT molecular complexity index is 282. The maximum Gasteiger partial charge on any atom is 0.303 e. The molecule has 0 spiro atoms. The molecule has 0 aromatic rings. The van der Waals surface area contributed by atoms with Crippen molar-refractivity contribution >= 4 is 18.4 Å². The van der Waals surface area contributed by atoms with Gasteiger partial charge < -0.3 is 5.11 Å². The van der Waals surface area contributed by atoms with Crippen LogP contribution in [0.25, 0.3) is 0 Å². The summed E-state index contributed by atoms with van der Waals surface area (Å²) in [5, 5.41) is 8.57. The molecule has 0 saturated heterocycles. The van der Waals surface area contributed by atoms with Gasteiger partial charge in [0.05, 0.1) is 0 Å². The van der Waals surface area contributed by atoms with E-state index in [2.05, 4.69) is 6.92 Å². The van der Waals surface area contributed by atoms with Gasteiger partial charge in [0.25, 0.3) is 0 Å². The van der Waals surface area contributed by atoms with Gasteiger partial charge in [-0.15, -0.1) is 12.4 Å². The van der Waals surface area contributed by atoms with E-state index in [0.717, 1.165) is 12.8 Å². The van der Waals surface area contributed by atoms with Crippen molar-refractivity contribution in [3.63, 3.8) is 0 Å². The third-order valence-corrected chi connectivity index (χ3v) is 5.49. The predicted molar refractivity (Wildman–Crippen MR) is 122 cm³/mol. The van der Waals surface area contributed by atoms with Crippen molar-refractivity contribution in [2.24, 2.45) is 0 Å². The molecular formula is C24H49ClO2. The first-order chi connectivity index (χ1) is 12.8. The molecule has 0 aromatic heterocycles. The third-order valence-electron chi connectivity index (χ3n) is 5.49. The van der Waals surface area contributed by atoms with Crippen molar-refractivity contribution in [2.45, 2.75) is 148 Å². The molecule has 0 saturated carbocycles. The number of carboxylic acids is 1. The number of aliphatic carboxylic acids is 1. The standard InChI is InChI=1S/C24H48O2.ClH/c1-2-3-4-5-6-7-8-9-10-11-12-13-14-15-16-17-18-19-20-21-22-23-24(25)26;/h2-23H2,1H3,(H,25,26);1H. The summed E-state index contributed by atoms with van der Waals surface area (Å²) in [7, 11) is 0. The van der Waals surface area contributed by atoms with Gasteiger partial charge >= 0.3 is 5.97 Å². The van der Waals surface area contributed by atoms with E-state index in [1.54, 1.807) is 0 Å². The van der Waals surface area contributed by atoms with Crippen molar-refractivity contribution in [2.75, 3.05) is 0 Å². The first-order valence-corrected chi connectivity index (χ1v) is 12.0. The van der Waals surface area contributed by atoms with E-state index in [1.165, 1.54) is 122 Å². The Hall–Kier alpha value is -0.240. The van der Waals surface area contributed by atoms with Gasteiger partial charge in [0, 0.05) is 6.42 Å². The quantitative estimate of drug-likeness (QED) is 0.182. The van der Waals surface area contributed by atoms with E-state index in [-0.39, 0.29) is 12.4 Å². The fourth-order valence-corrected chi connectivity index (χ4v) is 3.71. The minimum atomic E-state index is -0.650. The molecule has 0 rings (SSSR count). The van der Waals surface area contributed by atoms with Crippen LogP contribution < -0.4 is 0 Å². The zero-order valence-corrected chi connectivity index (χ0v) is 19.1. The summed E-state index contributed by atoms with van der Waals surface area (Å²) in [5.41, 5.74) is 0. The number of rotatable bonds is 22. The van der Waals surface area contributed by atoms with Crippen molar-refractivity contribution in [1.82, 2.24) is 0 Å². The summed E-state index contributed by atoms with van der Waals surface area (Å²) in [5.74, 6) is -0.650. The maximum atomic E-state index is 10.4. The van der Waals surface area contributed by atoms with E-state index >= 15 is 0 Å². The minimum Gasteiger partial charge on any atom is -0.481 e. The third kappa shape index (κ3) is 28.1. The molecule has 2 nitrogen and oxygen atoms in total. The second-order valence-corrected chi connectivity index (χ2v) is 8.21. The molecule has 0 atom stereocenters. The Morgan fingerprint density at radius 1 is 0.481 bits per heavy atom. The van der Waals surface area contributed by atoms with Crippen LogP contribution in [0.15, 0.2) is 0 Å². The normalized spacial score (nSPS) is 10.7. The van der Waals surface area contributed by atoms with Crippen LogP contribution in [0, 0.1) is 0 Å². The molecule has 0 amide bonds. The molecule has 0 fully saturated rings. The zero-order valence-electron chi connectivity index (χ0n) is 18.3. The van der Waals surface area contributed by atoms with E-state index in [1.807, 2.05) is 0 Å². The number of hydrogen-bond acceptors (Lipinski definition) is 1. The lowest BCUT2D eigenvalue weighted by Crippen LogP contribution is -1.93. The first-order valence-electron chi connectivity index (χ1n) is 12.0. The molecule has 3 heteroatoms. The summed E-state index contributed by atoms with van der Waals surface area (Å²) in [4.78, 5) is 10.4. The summed E-state index contributed by atoms with van der Waals surface area (Å²) < 4.78 is 0. The topological polar surface area (TPSA) is 37.3 Å². The highest BCUT2D eigenvalue weighted by atomic mass is 35.5. The van der Waals surface area contributed by atoms with E-state index in [0.29, 0.717) is 6.42 Å². The first kappa shape index (κ1) is 29.0. The Morgan fingerprint density at radius 3 is 0.926 bits per heavy atom. The zero-order chi connectivity index (χ0) is 19.1. The van der Waals surface area contributed by atoms with Gasteiger partial charge in [-0.05, 0) is 6.42 Å². The van der Waals surface area contributed by atoms with E-state index in [9.17, 15) is 4.79 Å². The Balaban J connectivity index is 0. The summed E-state index contributed by atoms with van der Waals surface area (Å²) in [6.45, 7) is 2.29. The second kappa shape index (κ2) is 25.8. The second-order valence-electron chi connectivity index (χ2n) is 8.21. The minimum absolute atomic E-state index is 0. The van der Waals surface area contributed by atoms with Crippen molar-refractivity contribution in [3.05, 3.63) is 0 Å². The van der Waals surface area contributed by atoms with Crippen LogP contribution in [-0.2, 0) is 4.79 Å². The van der Waals surface area contributed by atoms with Crippen LogP contribution in [0.1, 0.15) is 148 Å². The summed E-state index contributed by atoms with van der Waals surface area (Å²) in [6.07, 6.45) is 29.1. The van der Waals surface area contributed by atoms with Gasteiger partial charge in [-0.3, -0.25) is 4.79 Å². The maximum absolute atomic E-state index is 10.4. The highest BCUT2D eigenvalue weighted by Gasteiger charge is 1.97. The molecule has 0 bridgehead atoms. The molecule has 1 N–H and O–H groups in total. The van der Waals surface area contributed by atoms with Crippen molar-refractivity contribution in [3.8, 4) is 0 Å². The molecule has 0 aliphatic heterocycles. The molecule has 0 unspecified atom stereocenters. The average molecular weight is 405 g/mol. The molecule has 0 aromatic carbocycles. The van der Waals surface area contributed by atoms with E-state index in [4.69, 9.17) is 5.11 Å². The van der Waals surface area contributed by atoms with Gasteiger partial charge in [-0.1, -0.05) is 135 Å². The van der Waals surface area contributed by atoms with Crippen molar-refractivity contribution in [1.29, 1.82) is 0 Å². The van der Waals surface area contributed by atoms with Crippen LogP contribution in [0.2, 0.25) is 0 Å². The average Bonchev–Trinajstić information content (AvgIpc) is 2.62. The molecule has 0 heterocycles. The number of unbranched alkanes of at least 4 members (excludes halogenated alkanes) is 20. The fourth-order valence-electron chi connectivity index (χ4n) is 3.71. The number of carboxylic acid groups (broad SMARTS) is 1. The van der Waals surface area contributed by atoms with Crippen LogP contribution in [-0.4, -0.2) is 11.1 Å². The highest BCUT2D eigenvalue weighted by Crippen LogP contribution is 2.15. The molecule has 27 heavy (non-hydrogen) atoms. The Morgan fingerprint density at radius 2 is 0.704 bits per heavy atom. The lowest BCUT2D eigenvalue weighted by Gasteiger charge is -2.04. The molecule has 0 radical (unpaired) electrons. The monoisotopic (exact) mass is 404 g/mol. The van der Waals surface area contributed by atoms with E-state index < -0.39 is 5.97 Å². The van der Waals surface area contributed by atoms with Crippen molar-refractivity contribution < 1.29 is 9.90 Å². The summed E-state index contributed by atoms with van der Waals surface area (Å²) >= 11 is 0. The molecular weight excluding hydrogens is 356 g/mol. The van der Waals surface area contributed by atoms with Gasteiger partial charge in [0.1, 0.15) is 0 Å². The smallest absolute Gasteiger partial charge is 0.303 e. The highest BCUT2D eigenvalue weighted by molar-refractivity contribution is 5.85.